The lowest BCUT2D eigenvalue weighted by Crippen LogP contribution is -2.63. The monoisotopic (exact) mass is 458 g/mol. The molecular formula is C20H23ClO10. The number of esters is 4. The van der Waals surface area contributed by atoms with E-state index in [2.05, 4.69) is 0 Å². The van der Waals surface area contributed by atoms with E-state index in [1.807, 2.05) is 6.07 Å². The Morgan fingerprint density at radius 3 is 2.13 bits per heavy atom. The Labute approximate surface area is 183 Å². The van der Waals surface area contributed by atoms with Crippen LogP contribution in [0.4, 0.5) is 0 Å². The quantitative estimate of drug-likeness (QED) is 0.318. The number of alkyl halides is 1. The third kappa shape index (κ3) is 6.91. The van der Waals surface area contributed by atoms with Crippen molar-refractivity contribution in [3.8, 4) is 0 Å². The number of rotatable bonds is 8. The Kier molecular flexibility index (Phi) is 9.22. The van der Waals surface area contributed by atoms with Crippen molar-refractivity contribution in [3.63, 3.8) is 0 Å². The van der Waals surface area contributed by atoms with E-state index in [0.717, 1.165) is 26.5 Å². The molecule has 0 bridgehead atoms. The van der Waals surface area contributed by atoms with Gasteiger partial charge in [-0.1, -0.05) is 30.3 Å². The summed E-state index contributed by atoms with van der Waals surface area (Å²) in [6.45, 7) is 2.24. The van der Waals surface area contributed by atoms with Crippen LogP contribution in [0.25, 0.3) is 0 Å². The van der Waals surface area contributed by atoms with Crippen LogP contribution in [0.3, 0.4) is 0 Å². The van der Waals surface area contributed by atoms with Crippen LogP contribution in [0.5, 0.6) is 0 Å². The third-order valence-electron chi connectivity index (χ3n) is 4.17. The van der Waals surface area contributed by atoms with E-state index in [1.165, 1.54) is 0 Å². The zero-order chi connectivity index (χ0) is 23.0. The average Bonchev–Trinajstić information content (AvgIpc) is 2.74. The molecule has 0 saturated carbocycles. The Hall–Kier alpha value is -2.69. The lowest BCUT2D eigenvalue weighted by Gasteiger charge is -2.43. The molecule has 1 aromatic rings. The minimum Gasteiger partial charge on any atom is -0.467 e. The highest BCUT2D eigenvalue weighted by Gasteiger charge is 2.55. The van der Waals surface area contributed by atoms with Crippen molar-refractivity contribution in [1.82, 2.24) is 0 Å². The Balaban J connectivity index is 2.44. The van der Waals surface area contributed by atoms with E-state index in [0.29, 0.717) is 0 Å². The Morgan fingerprint density at radius 2 is 1.58 bits per heavy atom. The predicted octanol–water partition coefficient (Wildman–Crippen LogP) is 1.12. The molecule has 1 aliphatic heterocycles. The molecule has 0 radical (unpaired) electrons. The van der Waals surface area contributed by atoms with Gasteiger partial charge in [0.2, 0.25) is 6.29 Å². The summed E-state index contributed by atoms with van der Waals surface area (Å²) in [6, 6.07) is 8.95. The van der Waals surface area contributed by atoms with Crippen LogP contribution in [0.1, 0.15) is 19.4 Å². The summed E-state index contributed by atoms with van der Waals surface area (Å²) in [5, 5.41) is 0. The van der Waals surface area contributed by atoms with Gasteiger partial charge in [-0.15, -0.1) is 11.6 Å². The number of hydrogen-bond donors (Lipinski definition) is 0. The molecule has 2 unspecified atom stereocenters. The highest BCUT2D eigenvalue weighted by atomic mass is 35.5. The fourth-order valence-corrected chi connectivity index (χ4v) is 3.02. The van der Waals surface area contributed by atoms with Crippen LogP contribution in [0, 0.1) is 0 Å². The first-order valence-electron chi connectivity index (χ1n) is 9.25. The molecule has 0 aromatic heterocycles. The molecule has 11 heteroatoms. The van der Waals surface area contributed by atoms with Crippen molar-refractivity contribution >= 4 is 35.5 Å². The van der Waals surface area contributed by atoms with Crippen molar-refractivity contribution in [3.05, 3.63) is 35.9 Å². The maximum Gasteiger partial charge on any atom is 0.339 e. The lowest BCUT2D eigenvalue weighted by molar-refractivity contribution is -0.299. The van der Waals surface area contributed by atoms with Crippen molar-refractivity contribution in [1.29, 1.82) is 0 Å². The van der Waals surface area contributed by atoms with Gasteiger partial charge in [-0.3, -0.25) is 14.4 Å². The zero-order valence-corrected chi connectivity index (χ0v) is 17.9. The van der Waals surface area contributed by atoms with E-state index in [4.69, 9.17) is 40.0 Å². The van der Waals surface area contributed by atoms with E-state index < -0.39 is 60.5 Å². The first-order chi connectivity index (χ1) is 14.8. The van der Waals surface area contributed by atoms with Crippen LogP contribution >= 0.6 is 11.6 Å². The van der Waals surface area contributed by atoms with Crippen molar-refractivity contribution < 1.29 is 47.6 Å². The molecule has 0 aliphatic carbocycles. The molecule has 0 N–H and O–H groups in total. The van der Waals surface area contributed by atoms with Gasteiger partial charge in [0.25, 0.3) is 0 Å². The molecule has 1 aliphatic rings. The minimum atomic E-state index is -1.53. The van der Waals surface area contributed by atoms with Gasteiger partial charge < -0.3 is 28.4 Å². The number of benzene rings is 1. The highest BCUT2D eigenvalue weighted by Crippen LogP contribution is 2.31. The summed E-state index contributed by atoms with van der Waals surface area (Å²) in [5.41, 5.74) is 0.747. The predicted molar refractivity (Wildman–Crippen MR) is 104 cm³/mol. The Bertz CT molecular complexity index is 783. The van der Waals surface area contributed by atoms with Crippen molar-refractivity contribution in [2.24, 2.45) is 0 Å². The molecule has 31 heavy (non-hydrogen) atoms. The summed E-state index contributed by atoms with van der Waals surface area (Å²) in [6.07, 6.45) is -7.05. The number of methoxy groups -OCH3 is 1. The van der Waals surface area contributed by atoms with Gasteiger partial charge in [0, 0.05) is 13.8 Å². The Morgan fingerprint density at radius 1 is 0.935 bits per heavy atom. The average molecular weight is 459 g/mol. The summed E-state index contributed by atoms with van der Waals surface area (Å²) in [5.74, 6) is -3.80. The molecule has 1 aromatic carbocycles. The highest BCUT2D eigenvalue weighted by molar-refractivity contribution is 6.26. The molecule has 170 valence electrons. The number of ether oxygens (including phenoxy) is 6. The second-order valence-corrected chi connectivity index (χ2v) is 6.75. The van der Waals surface area contributed by atoms with Crippen LogP contribution in [-0.2, 0) is 54.2 Å². The lowest BCUT2D eigenvalue weighted by atomic mass is 9.97. The molecule has 0 spiro atoms. The standard InChI is InChI=1S/C20H23ClO10/c1-11(22)28-18-15(27-10-13-7-5-4-6-8-13)16(30-14(24)9-21)17(19(25)26-3)31-20(18)29-12(2)23/h4-8,15-18,20H,9-10H2,1-3H3/t15-,16+,17?,18?,20-/m1/s1. The van der Waals surface area contributed by atoms with E-state index in [1.54, 1.807) is 24.3 Å². The maximum absolute atomic E-state index is 12.4. The third-order valence-corrected chi connectivity index (χ3v) is 4.39. The normalized spacial score (nSPS) is 25.2. The first-order valence-corrected chi connectivity index (χ1v) is 9.79. The second-order valence-electron chi connectivity index (χ2n) is 6.48. The second kappa shape index (κ2) is 11.6. The summed E-state index contributed by atoms with van der Waals surface area (Å²) in [4.78, 5) is 47.6. The SMILES string of the molecule is COC(=O)C1O[C@@H](OC(C)=O)C(OC(C)=O)[C@H](OCc2ccccc2)[C@@H]1OC(=O)CCl. The molecule has 1 heterocycles. The molecule has 5 atom stereocenters. The molecule has 1 fully saturated rings. The van der Waals surface area contributed by atoms with Gasteiger partial charge in [-0.2, -0.15) is 0 Å². The van der Waals surface area contributed by atoms with E-state index in [-0.39, 0.29) is 6.61 Å². The molecule has 1 saturated heterocycles. The van der Waals surface area contributed by atoms with Gasteiger partial charge in [-0.25, -0.2) is 4.79 Å². The zero-order valence-electron chi connectivity index (χ0n) is 17.1. The van der Waals surface area contributed by atoms with Crippen LogP contribution in [-0.4, -0.2) is 67.6 Å². The van der Waals surface area contributed by atoms with Crippen molar-refractivity contribution in [2.45, 2.75) is 51.2 Å². The number of carbonyl (C=O) groups is 4. The molecule has 0 amide bonds. The summed E-state index contributed by atoms with van der Waals surface area (Å²) < 4.78 is 31.8. The van der Waals surface area contributed by atoms with Crippen LogP contribution < -0.4 is 0 Å². The molecule has 2 rings (SSSR count). The van der Waals surface area contributed by atoms with E-state index in [9.17, 15) is 19.2 Å². The molecule has 10 nitrogen and oxygen atoms in total. The summed E-state index contributed by atoms with van der Waals surface area (Å²) >= 11 is 5.54. The number of halogens is 1. The topological polar surface area (TPSA) is 124 Å². The van der Waals surface area contributed by atoms with Gasteiger partial charge in [-0.05, 0) is 5.56 Å². The summed E-state index contributed by atoms with van der Waals surface area (Å²) in [7, 11) is 1.10. The molecular weight excluding hydrogens is 436 g/mol. The fourth-order valence-electron chi connectivity index (χ4n) is 2.96. The van der Waals surface area contributed by atoms with Crippen LogP contribution in [0.15, 0.2) is 30.3 Å². The van der Waals surface area contributed by atoms with Crippen molar-refractivity contribution in [2.75, 3.05) is 13.0 Å². The largest absolute Gasteiger partial charge is 0.467 e. The smallest absolute Gasteiger partial charge is 0.339 e. The van der Waals surface area contributed by atoms with Gasteiger partial charge in [0.15, 0.2) is 18.3 Å². The number of carbonyl (C=O) groups excluding carboxylic acids is 4. The van der Waals surface area contributed by atoms with E-state index >= 15 is 0 Å². The van der Waals surface area contributed by atoms with Gasteiger partial charge >= 0.3 is 23.9 Å². The minimum absolute atomic E-state index is 0.00111. The van der Waals surface area contributed by atoms with Crippen LogP contribution in [0.2, 0.25) is 0 Å². The fraction of sp³-hybridized carbons (Fsp3) is 0.500. The maximum atomic E-state index is 12.4. The first kappa shape index (κ1) is 24.6. The van der Waals surface area contributed by atoms with Gasteiger partial charge in [0.1, 0.15) is 12.0 Å². The van der Waals surface area contributed by atoms with Gasteiger partial charge in [0.05, 0.1) is 13.7 Å². The number of hydrogen-bond acceptors (Lipinski definition) is 10.